The van der Waals surface area contributed by atoms with Gasteiger partial charge in [0.25, 0.3) is 0 Å². The predicted octanol–water partition coefficient (Wildman–Crippen LogP) is 0.574. The van der Waals surface area contributed by atoms with E-state index >= 15 is 0 Å². The lowest BCUT2D eigenvalue weighted by Gasteiger charge is -2.05. The fraction of sp³-hybridized carbons (Fsp3) is 0.500. The van der Waals surface area contributed by atoms with Crippen molar-refractivity contribution < 1.29 is 19.1 Å². The van der Waals surface area contributed by atoms with Crippen molar-refractivity contribution >= 4 is 11.9 Å². The molecule has 6 nitrogen and oxygen atoms in total. The largest absolute Gasteiger partial charge is 0.481 e. The molecule has 0 saturated heterocycles. The Morgan fingerprint density at radius 3 is 2.81 bits per heavy atom. The van der Waals surface area contributed by atoms with E-state index in [9.17, 15) is 9.59 Å². The number of carboxylic acids is 1. The van der Waals surface area contributed by atoms with Crippen LogP contribution in [0, 0.1) is 5.92 Å². The van der Waals surface area contributed by atoms with Gasteiger partial charge in [0.1, 0.15) is 11.7 Å². The van der Waals surface area contributed by atoms with Crippen molar-refractivity contribution in [1.29, 1.82) is 0 Å². The summed E-state index contributed by atoms with van der Waals surface area (Å²) in [5.41, 5.74) is 0. The molecule has 1 amide bonds. The van der Waals surface area contributed by atoms with Crippen molar-refractivity contribution in [1.82, 2.24) is 10.3 Å². The Hall–Kier alpha value is -1.85. The fourth-order valence-corrected chi connectivity index (χ4v) is 1.02. The molecule has 1 heterocycles. The molecule has 0 aliphatic carbocycles. The number of carbonyl (C=O) groups excluding carboxylic acids is 1. The van der Waals surface area contributed by atoms with E-state index in [2.05, 4.69) is 10.3 Å². The second-order valence-electron chi connectivity index (χ2n) is 3.35. The number of carboxylic acid groups (broad SMARTS) is 1. The Morgan fingerprint density at radius 2 is 2.31 bits per heavy atom. The number of aliphatic carboxylic acids is 1. The lowest BCUT2D eigenvalue weighted by molar-refractivity contribution is -0.146. The zero-order chi connectivity index (χ0) is 12.1. The van der Waals surface area contributed by atoms with Crippen molar-refractivity contribution in [2.45, 2.75) is 26.8 Å². The topological polar surface area (TPSA) is 92.4 Å². The molecule has 0 bridgehead atoms. The normalized spacial score (nSPS) is 12.1. The lowest BCUT2D eigenvalue weighted by Crippen LogP contribution is -2.33. The van der Waals surface area contributed by atoms with Crippen molar-refractivity contribution in [2.75, 3.05) is 0 Å². The number of carbonyl (C=O) groups is 2. The molecule has 1 aromatic rings. The van der Waals surface area contributed by atoms with E-state index in [4.69, 9.17) is 9.52 Å². The minimum atomic E-state index is -1.15. The molecule has 16 heavy (non-hydrogen) atoms. The minimum absolute atomic E-state index is 0.108. The summed E-state index contributed by atoms with van der Waals surface area (Å²) in [4.78, 5) is 25.7. The molecule has 0 aliphatic heterocycles. The zero-order valence-corrected chi connectivity index (χ0v) is 9.19. The number of nitrogens with zero attached hydrogens (tertiary/aromatic N) is 1. The third kappa shape index (κ3) is 3.08. The number of aryl methyl sites for hydroxylation is 1. The Bertz CT molecular complexity index is 386. The van der Waals surface area contributed by atoms with Gasteiger partial charge in [-0.15, -0.1) is 0 Å². The van der Waals surface area contributed by atoms with Gasteiger partial charge in [0.05, 0.1) is 12.7 Å². The van der Waals surface area contributed by atoms with E-state index in [0.717, 1.165) is 12.2 Å². The summed E-state index contributed by atoms with van der Waals surface area (Å²) >= 11 is 0. The maximum Gasteiger partial charge on any atom is 0.315 e. The number of hydrogen-bond acceptors (Lipinski definition) is 4. The first-order chi connectivity index (χ1) is 7.54. The molecule has 1 aromatic heterocycles. The summed E-state index contributed by atoms with van der Waals surface area (Å²) in [6.07, 6.45) is 2.31. The van der Waals surface area contributed by atoms with Crippen LogP contribution in [-0.4, -0.2) is 22.0 Å². The van der Waals surface area contributed by atoms with Crippen LogP contribution in [0.1, 0.15) is 25.5 Å². The van der Waals surface area contributed by atoms with Gasteiger partial charge in [-0.3, -0.25) is 9.59 Å². The van der Waals surface area contributed by atoms with Gasteiger partial charge in [-0.05, 0) is 6.92 Å². The summed E-state index contributed by atoms with van der Waals surface area (Å²) in [6, 6.07) is 0. The standard InChI is InChI=1S/C10H14N2O4/c1-3-7-4-11-8(16-7)5-12-9(13)6(2)10(14)15/h4,6H,3,5H2,1-2H3,(H,12,13)(H,14,15). The molecule has 88 valence electrons. The maximum absolute atomic E-state index is 11.3. The predicted molar refractivity (Wildman–Crippen MR) is 54.5 cm³/mol. The van der Waals surface area contributed by atoms with Crippen LogP contribution in [-0.2, 0) is 22.6 Å². The summed E-state index contributed by atoms with van der Waals surface area (Å²) < 4.78 is 5.25. The third-order valence-corrected chi connectivity index (χ3v) is 2.13. The molecule has 2 N–H and O–H groups in total. The highest BCUT2D eigenvalue weighted by molar-refractivity contribution is 5.96. The number of oxazole rings is 1. The Morgan fingerprint density at radius 1 is 1.62 bits per heavy atom. The van der Waals surface area contributed by atoms with Crippen molar-refractivity contribution in [3.8, 4) is 0 Å². The zero-order valence-electron chi connectivity index (χ0n) is 9.19. The van der Waals surface area contributed by atoms with Crippen LogP contribution < -0.4 is 5.32 Å². The number of amides is 1. The smallest absolute Gasteiger partial charge is 0.315 e. The van der Waals surface area contributed by atoms with Gasteiger partial charge >= 0.3 is 5.97 Å². The maximum atomic E-state index is 11.3. The molecule has 0 radical (unpaired) electrons. The highest BCUT2D eigenvalue weighted by Gasteiger charge is 2.20. The van der Waals surface area contributed by atoms with E-state index in [-0.39, 0.29) is 6.54 Å². The van der Waals surface area contributed by atoms with E-state index in [1.54, 1.807) is 6.20 Å². The first-order valence-corrected chi connectivity index (χ1v) is 4.98. The number of aromatic nitrogens is 1. The third-order valence-electron chi connectivity index (χ3n) is 2.13. The van der Waals surface area contributed by atoms with Gasteiger partial charge in [-0.25, -0.2) is 4.98 Å². The lowest BCUT2D eigenvalue weighted by atomic mass is 10.2. The van der Waals surface area contributed by atoms with Crippen LogP contribution in [0.3, 0.4) is 0 Å². The van der Waals surface area contributed by atoms with Gasteiger partial charge in [0.15, 0.2) is 0 Å². The molecule has 0 aromatic carbocycles. The number of nitrogens with one attached hydrogen (secondary N) is 1. The van der Waals surface area contributed by atoms with Gasteiger partial charge in [-0.2, -0.15) is 0 Å². The molecule has 6 heteroatoms. The monoisotopic (exact) mass is 226 g/mol. The second kappa shape index (κ2) is 5.29. The Balaban J connectivity index is 2.45. The van der Waals surface area contributed by atoms with E-state index in [1.165, 1.54) is 6.92 Å². The van der Waals surface area contributed by atoms with Gasteiger partial charge in [0, 0.05) is 6.42 Å². The molecule has 1 unspecified atom stereocenters. The Kier molecular flexibility index (Phi) is 4.04. The van der Waals surface area contributed by atoms with Crippen molar-refractivity contribution in [3.63, 3.8) is 0 Å². The molecule has 1 rings (SSSR count). The van der Waals surface area contributed by atoms with Crippen LogP contribution >= 0.6 is 0 Å². The average Bonchev–Trinajstić information content (AvgIpc) is 2.72. The summed E-state index contributed by atoms with van der Waals surface area (Å²) in [7, 11) is 0. The Labute approximate surface area is 92.7 Å². The summed E-state index contributed by atoms with van der Waals surface area (Å²) in [5, 5.41) is 11.0. The second-order valence-corrected chi connectivity index (χ2v) is 3.35. The number of hydrogen-bond donors (Lipinski definition) is 2. The van der Waals surface area contributed by atoms with Gasteiger partial charge in [-0.1, -0.05) is 6.92 Å². The van der Waals surface area contributed by atoms with Crippen molar-refractivity contribution in [3.05, 3.63) is 17.8 Å². The minimum Gasteiger partial charge on any atom is -0.481 e. The van der Waals surface area contributed by atoms with E-state index in [0.29, 0.717) is 5.89 Å². The first kappa shape index (κ1) is 12.2. The molecular weight excluding hydrogens is 212 g/mol. The highest BCUT2D eigenvalue weighted by atomic mass is 16.4. The van der Waals surface area contributed by atoms with Gasteiger partial charge in [0.2, 0.25) is 11.8 Å². The van der Waals surface area contributed by atoms with Crippen molar-refractivity contribution in [2.24, 2.45) is 5.92 Å². The quantitative estimate of drug-likeness (QED) is 0.716. The van der Waals surface area contributed by atoms with Crippen LogP contribution in [0.15, 0.2) is 10.6 Å². The summed E-state index contributed by atoms with van der Waals surface area (Å²) in [6.45, 7) is 3.36. The van der Waals surface area contributed by atoms with E-state index in [1.807, 2.05) is 6.92 Å². The SMILES string of the molecule is CCc1cnc(CNC(=O)C(C)C(=O)O)o1. The molecule has 0 aliphatic rings. The number of rotatable bonds is 5. The average molecular weight is 226 g/mol. The molecule has 0 spiro atoms. The van der Waals surface area contributed by atoms with E-state index < -0.39 is 17.8 Å². The fourth-order valence-electron chi connectivity index (χ4n) is 1.02. The first-order valence-electron chi connectivity index (χ1n) is 4.98. The molecule has 0 fully saturated rings. The van der Waals surface area contributed by atoms with Crippen LogP contribution in [0.4, 0.5) is 0 Å². The summed E-state index contributed by atoms with van der Waals surface area (Å²) in [5.74, 6) is -1.66. The van der Waals surface area contributed by atoms with Gasteiger partial charge < -0.3 is 14.8 Å². The molecule has 1 atom stereocenters. The van der Waals surface area contributed by atoms with Crippen LogP contribution in [0.5, 0.6) is 0 Å². The molecular formula is C10H14N2O4. The molecule has 0 saturated carbocycles. The van der Waals surface area contributed by atoms with Crippen LogP contribution in [0.2, 0.25) is 0 Å². The highest BCUT2D eigenvalue weighted by Crippen LogP contribution is 2.04. The van der Waals surface area contributed by atoms with Crippen LogP contribution in [0.25, 0.3) is 0 Å².